The van der Waals surface area contributed by atoms with Gasteiger partial charge in [-0.05, 0) is 31.2 Å². The number of benzene rings is 1. The van der Waals surface area contributed by atoms with Gasteiger partial charge in [0.1, 0.15) is 5.54 Å². The lowest BCUT2D eigenvalue weighted by molar-refractivity contribution is -0.150. The fraction of sp³-hybridized carbons (Fsp3) is 0.471. The molecule has 1 aromatic rings. The Hall–Kier alpha value is -1.61. The van der Waals surface area contributed by atoms with Crippen molar-refractivity contribution in [1.82, 2.24) is 0 Å². The van der Waals surface area contributed by atoms with Crippen LogP contribution in [-0.2, 0) is 9.53 Å². The molecule has 0 aliphatic rings. The van der Waals surface area contributed by atoms with E-state index in [1.165, 1.54) is 0 Å². The highest BCUT2D eigenvalue weighted by atomic mass is 16.5. The van der Waals surface area contributed by atoms with Crippen molar-refractivity contribution in [2.75, 3.05) is 6.61 Å². The van der Waals surface area contributed by atoms with Crippen molar-refractivity contribution in [3.05, 3.63) is 42.0 Å². The number of hydrogen-bond acceptors (Lipinski definition) is 3. The summed E-state index contributed by atoms with van der Waals surface area (Å²) < 4.78 is 5.11. The molecule has 2 N–H and O–H groups in total. The molecule has 0 fully saturated rings. The summed E-state index contributed by atoms with van der Waals surface area (Å²) in [6.07, 6.45) is 5.04. The molecule has 3 heteroatoms. The summed E-state index contributed by atoms with van der Waals surface area (Å²) in [5, 5.41) is 0. The van der Waals surface area contributed by atoms with Crippen molar-refractivity contribution < 1.29 is 9.53 Å². The molecule has 20 heavy (non-hydrogen) atoms. The van der Waals surface area contributed by atoms with Crippen molar-refractivity contribution in [1.29, 1.82) is 0 Å². The molecule has 1 rings (SSSR count). The molecular weight excluding hydrogens is 250 g/mol. The predicted molar refractivity (Wildman–Crippen MR) is 83.1 cm³/mol. The Labute approximate surface area is 121 Å². The Balaban J connectivity index is 2.74. The van der Waals surface area contributed by atoms with Crippen LogP contribution in [0.25, 0.3) is 6.08 Å². The molecule has 0 aliphatic heterocycles. The van der Waals surface area contributed by atoms with Crippen molar-refractivity contribution in [2.24, 2.45) is 11.7 Å². The molecular formula is C17H25NO2. The highest BCUT2D eigenvalue weighted by Crippen LogP contribution is 2.21. The van der Waals surface area contributed by atoms with Gasteiger partial charge in [0.15, 0.2) is 0 Å². The van der Waals surface area contributed by atoms with Gasteiger partial charge in [-0.3, -0.25) is 4.79 Å². The van der Waals surface area contributed by atoms with E-state index >= 15 is 0 Å². The SMILES string of the molecule is CCOC(=O)[C@](N)(C/C=C/c1ccccc1)CC(C)C. The van der Waals surface area contributed by atoms with Crippen LogP contribution >= 0.6 is 0 Å². The van der Waals surface area contributed by atoms with Crippen LogP contribution in [-0.4, -0.2) is 18.1 Å². The fourth-order valence-corrected chi connectivity index (χ4v) is 2.22. The van der Waals surface area contributed by atoms with E-state index < -0.39 is 5.54 Å². The molecule has 0 aliphatic carbocycles. The molecule has 3 nitrogen and oxygen atoms in total. The molecule has 0 aromatic heterocycles. The summed E-state index contributed by atoms with van der Waals surface area (Å²) in [5.41, 5.74) is 6.43. The second-order valence-corrected chi connectivity index (χ2v) is 5.49. The number of nitrogens with two attached hydrogens (primary N) is 1. The van der Waals surface area contributed by atoms with Crippen molar-refractivity contribution >= 4 is 12.0 Å². The maximum atomic E-state index is 12.1. The van der Waals surface area contributed by atoms with Gasteiger partial charge >= 0.3 is 5.97 Å². The van der Waals surface area contributed by atoms with Gasteiger partial charge in [0.25, 0.3) is 0 Å². The molecule has 0 unspecified atom stereocenters. The topological polar surface area (TPSA) is 52.3 Å². The van der Waals surface area contributed by atoms with Gasteiger partial charge in [-0.1, -0.05) is 56.3 Å². The first kappa shape index (κ1) is 16.4. The minimum Gasteiger partial charge on any atom is -0.465 e. The lowest BCUT2D eigenvalue weighted by Gasteiger charge is -2.27. The summed E-state index contributed by atoms with van der Waals surface area (Å²) in [7, 11) is 0. The Morgan fingerprint density at radius 3 is 2.55 bits per heavy atom. The quantitative estimate of drug-likeness (QED) is 0.776. The van der Waals surface area contributed by atoms with Crippen LogP contribution in [0.1, 0.15) is 39.2 Å². The zero-order valence-corrected chi connectivity index (χ0v) is 12.6. The van der Waals surface area contributed by atoms with E-state index in [2.05, 4.69) is 13.8 Å². The van der Waals surface area contributed by atoms with Crippen LogP contribution < -0.4 is 5.73 Å². The monoisotopic (exact) mass is 275 g/mol. The minimum atomic E-state index is -0.935. The lowest BCUT2D eigenvalue weighted by atomic mass is 9.86. The summed E-state index contributed by atoms with van der Waals surface area (Å²) in [6.45, 7) is 6.27. The number of ether oxygens (including phenoxy) is 1. The van der Waals surface area contributed by atoms with Gasteiger partial charge in [-0.2, -0.15) is 0 Å². The predicted octanol–water partition coefficient (Wildman–Crippen LogP) is 3.40. The molecule has 0 saturated heterocycles. The number of rotatable bonds is 7. The Morgan fingerprint density at radius 1 is 1.35 bits per heavy atom. The first-order valence-electron chi connectivity index (χ1n) is 7.15. The van der Waals surface area contributed by atoms with Crippen LogP contribution in [0.15, 0.2) is 36.4 Å². The van der Waals surface area contributed by atoms with Crippen LogP contribution in [0.4, 0.5) is 0 Å². The normalized spacial score (nSPS) is 14.4. The third kappa shape index (κ3) is 5.17. The standard InChI is InChI=1S/C17H25NO2/c1-4-20-16(19)17(18,13-14(2)3)12-8-11-15-9-6-5-7-10-15/h5-11,14H,4,12-13,18H2,1-3H3/b11-8+/t17-/m0/s1. The van der Waals surface area contributed by atoms with E-state index in [1.807, 2.05) is 42.5 Å². The maximum Gasteiger partial charge on any atom is 0.326 e. The minimum absolute atomic E-state index is 0.314. The number of carbonyl (C=O) groups excluding carboxylic acids is 1. The molecule has 1 atom stereocenters. The Morgan fingerprint density at radius 2 is 2.00 bits per heavy atom. The van der Waals surface area contributed by atoms with Crippen LogP contribution in [0.5, 0.6) is 0 Å². The second-order valence-electron chi connectivity index (χ2n) is 5.49. The van der Waals surface area contributed by atoms with E-state index in [0.717, 1.165) is 5.56 Å². The van der Waals surface area contributed by atoms with Crippen molar-refractivity contribution in [2.45, 2.75) is 39.2 Å². The van der Waals surface area contributed by atoms with Gasteiger partial charge in [0.2, 0.25) is 0 Å². The fourth-order valence-electron chi connectivity index (χ4n) is 2.22. The molecule has 0 bridgehead atoms. The summed E-state index contributed by atoms with van der Waals surface area (Å²) in [6, 6.07) is 9.97. The molecule has 1 aromatic carbocycles. The number of esters is 1. The van der Waals surface area contributed by atoms with Crippen molar-refractivity contribution in [3.8, 4) is 0 Å². The number of carbonyl (C=O) groups is 1. The molecule has 0 saturated carbocycles. The highest BCUT2D eigenvalue weighted by Gasteiger charge is 2.34. The first-order valence-corrected chi connectivity index (χ1v) is 7.15. The lowest BCUT2D eigenvalue weighted by Crippen LogP contribution is -2.49. The van der Waals surface area contributed by atoms with E-state index in [1.54, 1.807) is 6.92 Å². The van der Waals surface area contributed by atoms with Crippen molar-refractivity contribution in [3.63, 3.8) is 0 Å². The second kappa shape index (κ2) is 7.85. The number of hydrogen-bond donors (Lipinski definition) is 1. The maximum absolute atomic E-state index is 12.1. The first-order chi connectivity index (χ1) is 9.48. The zero-order valence-electron chi connectivity index (χ0n) is 12.6. The van der Waals surface area contributed by atoms with Gasteiger partial charge < -0.3 is 10.5 Å². The van der Waals surface area contributed by atoms with Crippen LogP contribution in [0.2, 0.25) is 0 Å². The Bertz CT molecular complexity index is 440. The molecule has 110 valence electrons. The summed E-state index contributed by atoms with van der Waals surface area (Å²) in [5.74, 6) is 0.0287. The largest absolute Gasteiger partial charge is 0.465 e. The summed E-state index contributed by atoms with van der Waals surface area (Å²) >= 11 is 0. The van der Waals surface area contributed by atoms with E-state index in [-0.39, 0.29) is 5.97 Å². The van der Waals surface area contributed by atoms with E-state index in [4.69, 9.17) is 10.5 Å². The molecule has 0 amide bonds. The molecule has 0 radical (unpaired) electrons. The smallest absolute Gasteiger partial charge is 0.326 e. The highest BCUT2D eigenvalue weighted by molar-refractivity contribution is 5.81. The third-order valence-electron chi connectivity index (χ3n) is 3.05. The zero-order chi connectivity index (χ0) is 15.0. The Kier molecular flexibility index (Phi) is 6.46. The van der Waals surface area contributed by atoms with Gasteiger partial charge in [0, 0.05) is 0 Å². The van der Waals surface area contributed by atoms with Crippen LogP contribution in [0, 0.1) is 5.92 Å². The molecule has 0 heterocycles. The van der Waals surface area contributed by atoms with Gasteiger partial charge in [-0.15, -0.1) is 0 Å². The van der Waals surface area contributed by atoms with Gasteiger partial charge in [0.05, 0.1) is 6.61 Å². The van der Waals surface area contributed by atoms with E-state index in [9.17, 15) is 4.79 Å². The molecule has 0 spiro atoms. The van der Waals surface area contributed by atoms with E-state index in [0.29, 0.717) is 25.4 Å². The third-order valence-corrected chi connectivity index (χ3v) is 3.05. The van der Waals surface area contributed by atoms with Crippen LogP contribution in [0.3, 0.4) is 0 Å². The summed E-state index contributed by atoms with van der Waals surface area (Å²) in [4.78, 5) is 12.1. The van der Waals surface area contributed by atoms with Gasteiger partial charge in [-0.25, -0.2) is 0 Å². The average molecular weight is 275 g/mol. The average Bonchev–Trinajstić information content (AvgIpc) is 2.39.